The number of rotatable bonds is 11. The Morgan fingerprint density at radius 1 is 0.944 bits per heavy atom. The molecule has 3 aromatic carbocycles. The van der Waals surface area contributed by atoms with Crippen LogP contribution in [0.5, 0.6) is 0 Å². The van der Waals surface area contributed by atoms with Gasteiger partial charge in [0.1, 0.15) is 0 Å². The third-order valence-corrected chi connectivity index (χ3v) is 6.21. The summed E-state index contributed by atoms with van der Waals surface area (Å²) in [6.07, 6.45) is 1.95. The summed E-state index contributed by atoms with van der Waals surface area (Å²) in [4.78, 5) is 12.5. The third kappa shape index (κ3) is 9.06. The molecule has 3 N–H and O–H groups in total. The Morgan fingerprint density at radius 2 is 1.58 bits per heavy atom. The first kappa shape index (κ1) is 29.5. The van der Waals surface area contributed by atoms with Gasteiger partial charge in [-0.25, -0.2) is 13.1 Å². The van der Waals surface area contributed by atoms with Gasteiger partial charge >= 0.3 is 0 Å². The van der Waals surface area contributed by atoms with E-state index in [0.29, 0.717) is 24.4 Å². The number of carbonyl (C=O) groups is 1. The van der Waals surface area contributed by atoms with Crippen molar-refractivity contribution in [3.05, 3.63) is 95.1 Å². The van der Waals surface area contributed by atoms with Crippen molar-refractivity contribution in [1.29, 1.82) is 0 Å². The molecule has 36 heavy (non-hydrogen) atoms. The van der Waals surface area contributed by atoms with Crippen LogP contribution < -0.4 is 10.0 Å². The molecule has 194 valence electrons. The number of sulfonamides is 1. The van der Waals surface area contributed by atoms with E-state index in [1.807, 2.05) is 42.5 Å². The van der Waals surface area contributed by atoms with E-state index >= 15 is 0 Å². The van der Waals surface area contributed by atoms with Gasteiger partial charge in [-0.15, -0.1) is 12.4 Å². The molecule has 0 heterocycles. The van der Waals surface area contributed by atoms with Crippen LogP contribution in [0.3, 0.4) is 0 Å². The summed E-state index contributed by atoms with van der Waals surface area (Å²) < 4.78 is 25.1. The van der Waals surface area contributed by atoms with Gasteiger partial charge in [-0.1, -0.05) is 80.6 Å². The quantitative estimate of drug-likeness (QED) is 0.317. The van der Waals surface area contributed by atoms with Crippen molar-refractivity contribution in [2.75, 3.05) is 19.3 Å². The molecule has 0 aliphatic carbocycles. The van der Waals surface area contributed by atoms with Crippen LogP contribution in [0.2, 0.25) is 0 Å². The maximum Gasteiger partial charge on any atom is 0.264 e. The van der Waals surface area contributed by atoms with Gasteiger partial charge in [-0.3, -0.25) is 4.79 Å². The van der Waals surface area contributed by atoms with Crippen molar-refractivity contribution in [2.24, 2.45) is 5.92 Å². The highest BCUT2D eigenvalue weighted by atomic mass is 35.5. The Bertz CT molecular complexity index is 1230. The summed E-state index contributed by atoms with van der Waals surface area (Å²) in [6, 6.07) is 23.4. The van der Waals surface area contributed by atoms with Gasteiger partial charge < -0.3 is 10.4 Å². The van der Waals surface area contributed by atoms with Crippen molar-refractivity contribution in [3.8, 4) is 11.1 Å². The number of aliphatic hydroxyl groups excluding tert-OH is 1. The summed E-state index contributed by atoms with van der Waals surface area (Å²) in [7, 11) is -3.63. The number of amides is 1. The van der Waals surface area contributed by atoms with Crippen LogP contribution in [-0.4, -0.2) is 38.8 Å². The second-order valence-corrected chi connectivity index (χ2v) is 11.0. The minimum absolute atomic E-state index is 0. The van der Waals surface area contributed by atoms with Gasteiger partial charge in [-0.05, 0) is 59.2 Å². The molecule has 0 aliphatic heterocycles. The molecule has 0 saturated carbocycles. The molecule has 3 aromatic rings. The number of benzene rings is 3. The van der Waals surface area contributed by atoms with Crippen molar-refractivity contribution in [3.63, 3.8) is 0 Å². The lowest BCUT2D eigenvalue weighted by Crippen LogP contribution is -2.30. The number of carbonyl (C=O) groups excluding carboxylic acids is 1. The van der Waals surface area contributed by atoms with Crippen molar-refractivity contribution in [1.82, 2.24) is 10.0 Å². The number of hydrogen-bond acceptors (Lipinski definition) is 5. The summed E-state index contributed by atoms with van der Waals surface area (Å²) in [6.45, 7) is 5.38. The smallest absolute Gasteiger partial charge is 0.264 e. The van der Waals surface area contributed by atoms with E-state index in [1.165, 1.54) is 5.56 Å². The van der Waals surface area contributed by atoms with Crippen molar-refractivity contribution >= 4 is 28.3 Å². The Kier molecular flexibility index (Phi) is 11.1. The molecule has 0 aliphatic rings. The van der Waals surface area contributed by atoms with E-state index in [1.54, 1.807) is 6.07 Å². The topological polar surface area (TPSA) is 95.5 Å². The summed E-state index contributed by atoms with van der Waals surface area (Å²) in [5.41, 5.74) is 5.30. The van der Waals surface area contributed by atoms with E-state index in [-0.39, 0.29) is 12.4 Å². The maximum atomic E-state index is 12.5. The Balaban J connectivity index is 0.00000456. The molecule has 0 radical (unpaired) electrons. The zero-order valence-electron chi connectivity index (χ0n) is 20.9. The lowest BCUT2D eigenvalue weighted by molar-refractivity contribution is 0.0980. The fraction of sp³-hybridized carbons (Fsp3) is 0.321. The highest BCUT2D eigenvalue weighted by Gasteiger charge is 2.17. The summed E-state index contributed by atoms with van der Waals surface area (Å²) in [5, 5.41) is 13.6. The Morgan fingerprint density at radius 3 is 2.19 bits per heavy atom. The van der Waals surface area contributed by atoms with Gasteiger partial charge in [0.25, 0.3) is 5.91 Å². The molecule has 0 saturated heterocycles. The largest absolute Gasteiger partial charge is 0.387 e. The van der Waals surface area contributed by atoms with E-state index < -0.39 is 22.0 Å². The number of hydrogen-bond donors (Lipinski definition) is 3. The second-order valence-electron chi connectivity index (χ2n) is 9.25. The highest BCUT2D eigenvalue weighted by molar-refractivity contribution is 7.89. The first-order chi connectivity index (χ1) is 16.6. The van der Waals surface area contributed by atoms with Crippen LogP contribution in [0.15, 0.2) is 72.8 Å². The molecule has 0 spiro atoms. The molecule has 8 heteroatoms. The van der Waals surface area contributed by atoms with Gasteiger partial charge in [0, 0.05) is 12.1 Å². The zero-order chi connectivity index (χ0) is 25.4. The molecule has 0 aromatic heterocycles. The number of halogens is 1. The van der Waals surface area contributed by atoms with E-state index in [0.717, 1.165) is 41.5 Å². The molecule has 0 unspecified atom stereocenters. The normalized spacial score (nSPS) is 12.1. The number of aliphatic hydroxyl groups is 1. The molecular formula is C28H35ClN2O4S. The minimum Gasteiger partial charge on any atom is -0.387 e. The molecule has 3 rings (SSSR count). The minimum atomic E-state index is -3.63. The first-order valence-corrected chi connectivity index (χ1v) is 13.7. The van der Waals surface area contributed by atoms with E-state index in [2.05, 4.69) is 48.2 Å². The lowest BCUT2D eigenvalue weighted by Gasteiger charge is -2.14. The highest BCUT2D eigenvalue weighted by Crippen LogP contribution is 2.25. The molecule has 0 fully saturated rings. The zero-order valence-corrected chi connectivity index (χ0v) is 22.5. The fourth-order valence-electron chi connectivity index (χ4n) is 3.96. The van der Waals surface area contributed by atoms with Crippen molar-refractivity contribution in [2.45, 2.75) is 32.8 Å². The van der Waals surface area contributed by atoms with Gasteiger partial charge in [0.05, 0.1) is 12.4 Å². The van der Waals surface area contributed by atoms with Gasteiger partial charge in [-0.2, -0.15) is 0 Å². The van der Waals surface area contributed by atoms with Gasteiger partial charge in [0.2, 0.25) is 10.0 Å². The van der Waals surface area contributed by atoms with Crippen LogP contribution in [0.25, 0.3) is 11.1 Å². The average Bonchev–Trinajstić information content (AvgIpc) is 2.81. The van der Waals surface area contributed by atoms with Gasteiger partial charge in [0.15, 0.2) is 0 Å². The molecular weight excluding hydrogens is 496 g/mol. The molecule has 1 amide bonds. The Hall–Kier alpha value is -2.71. The monoisotopic (exact) mass is 530 g/mol. The maximum absolute atomic E-state index is 12.5. The van der Waals surface area contributed by atoms with Crippen LogP contribution in [0, 0.1) is 5.92 Å². The van der Waals surface area contributed by atoms with E-state index in [4.69, 9.17) is 0 Å². The lowest BCUT2D eigenvalue weighted by atomic mass is 9.93. The first-order valence-electron chi connectivity index (χ1n) is 11.8. The standard InChI is InChI=1S/C28H34N2O4S.ClH/c1-20(2)17-25-18-24(13-14-26(25)28(32)30-35(3,33)34)22-11-9-21(10-12-22)15-16-29-19-27(31)23-7-5-4-6-8-23;/h4-14,18,20,27,29,31H,15-17,19H2,1-3H3,(H,30,32);1H/t27-;/m0./s1. The predicted molar refractivity (Wildman–Crippen MR) is 148 cm³/mol. The third-order valence-electron chi connectivity index (χ3n) is 5.66. The molecule has 1 atom stereocenters. The summed E-state index contributed by atoms with van der Waals surface area (Å²) >= 11 is 0. The van der Waals surface area contributed by atoms with Crippen molar-refractivity contribution < 1.29 is 18.3 Å². The van der Waals surface area contributed by atoms with Crippen LogP contribution in [-0.2, 0) is 22.9 Å². The van der Waals surface area contributed by atoms with E-state index in [9.17, 15) is 18.3 Å². The molecule has 6 nitrogen and oxygen atoms in total. The van der Waals surface area contributed by atoms with Crippen LogP contribution in [0.4, 0.5) is 0 Å². The second kappa shape index (κ2) is 13.6. The summed E-state index contributed by atoms with van der Waals surface area (Å²) in [5.74, 6) is -0.291. The average molecular weight is 531 g/mol. The Labute approximate surface area is 220 Å². The number of nitrogens with one attached hydrogen (secondary N) is 2. The predicted octanol–water partition coefficient (Wildman–Crippen LogP) is 4.53. The van der Waals surface area contributed by atoms with Crippen LogP contribution >= 0.6 is 12.4 Å². The SMILES string of the molecule is CC(C)Cc1cc(-c2ccc(CCNC[C@H](O)c3ccccc3)cc2)ccc1C(=O)NS(C)(=O)=O.Cl. The molecule has 0 bridgehead atoms. The van der Waals surface area contributed by atoms with Crippen LogP contribution in [0.1, 0.15) is 47.0 Å². The fourth-order valence-corrected chi connectivity index (χ4v) is 4.40.